The molecule has 18 nitrogen and oxygen atoms in total. The molecule has 0 heterocycles. The molecule has 0 amide bonds. The van der Waals surface area contributed by atoms with Gasteiger partial charge in [-0.05, 0) is 267 Å². The molecule has 6 aromatic carbocycles. The number of aliphatic hydroxyl groups is 6. The maximum Gasteiger partial charge on any atom is 0.118 e. The standard InChI is InChI=1S/6C17H27NO2/c6*1-18(2)13-16(17(19)11-5-4-6-12-17)14-7-9-15(20-3)10-8-14/h6*7-10,16,19H,4-6,11-13H2,1-3H3/i1D3,2D3,3D3,7D,8D,9D,10D,13D2;1D3,3D3,7D,8D,9D,10D,13D2;1D3,2D3,3D3,7D,8D,9D,10D;3D3,7D,8D,9D,10D,13D2;1D3,3D3,7D,8D,9D,10D;3D3,7D,8D,9D,10D. The molecule has 672 valence electrons. The lowest BCUT2D eigenvalue weighted by Gasteiger charge is -2.40. The molecule has 12 rings (SSSR count). The number of hydrogen-bond donors (Lipinski definition) is 6. The zero-order valence-electron chi connectivity index (χ0n) is 135. The zero-order chi connectivity index (χ0) is 144. The fourth-order valence-electron chi connectivity index (χ4n) is 16.4. The fourth-order valence-corrected chi connectivity index (χ4v) is 16.4. The van der Waals surface area contributed by atoms with E-state index in [2.05, 4.69) is 23.7 Å². The first-order valence-electron chi connectivity index (χ1n) is 73.2. The highest BCUT2D eigenvalue weighted by Crippen LogP contribution is 2.47. The molecular weight excluding hydrogens is 1500 g/mol. The molecule has 0 saturated heterocycles. The minimum atomic E-state index is -3.54. The van der Waals surface area contributed by atoms with Crippen LogP contribution in [0.15, 0.2) is 145 Å². The maximum absolute atomic E-state index is 11.5. The van der Waals surface area contributed by atoms with Crippen LogP contribution in [0.4, 0.5) is 0 Å². The Morgan fingerprint density at radius 2 is 0.417 bits per heavy atom. The monoisotopic (exact) mass is 1730 g/mol. The molecule has 120 heavy (non-hydrogen) atoms. The summed E-state index contributed by atoms with van der Waals surface area (Å²) in [5.74, 6) is -12.9. The lowest BCUT2D eigenvalue weighted by Crippen LogP contribution is -2.42. The minimum Gasteiger partial charge on any atom is -0.497 e. The van der Waals surface area contributed by atoms with Crippen molar-refractivity contribution < 1.29 is 150 Å². The molecule has 6 saturated carbocycles. The molecule has 0 aromatic heterocycles. The highest BCUT2D eigenvalue weighted by atomic mass is 16.5. The van der Waals surface area contributed by atoms with Crippen molar-refractivity contribution in [2.75, 3.05) is 165 Å². The van der Waals surface area contributed by atoms with Gasteiger partial charge in [-0.25, -0.2) is 0 Å². The van der Waals surface area contributed by atoms with Gasteiger partial charge < -0.3 is 88.5 Å². The molecular formula is C102H162N6O12. The number of nitrogens with zero attached hydrogens (tertiary/aromatic N) is 6. The van der Waals surface area contributed by atoms with Crippen LogP contribution in [0.25, 0.3) is 0 Å². The van der Waals surface area contributed by atoms with Crippen LogP contribution in [0.3, 0.4) is 0 Å². The largest absolute Gasteiger partial charge is 0.497 e. The van der Waals surface area contributed by atoms with Gasteiger partial charge in [-0.2, -0.15) is 0 Å². The Morgan fingerprint density at radius 1 is 0.242 bits per heavy atom. The summed E-state index contributed by atoms with van der Waals surface area (Å²) < 4.78 is 546. The van der Waals surface area contributed by atoms with Crippen LogP contribution < -0.4 is 28.4 Å². The molecule has 18 heteroatoms. The van der Waals surface area contributed by atoms with Gasteiger partial charge in [-0.1, -0.05) is 188 Å². The van der Waals surface area contributed by atoms with Crippen LogP contribution >= 0.6 is 0 Å². The van der Waals surface area contributed by atoms with Gasteiger partial charge in [0.05, 0.1) is 133 Å². The topological polar surface area (TPSA) is 196 Å². The fraction of sp³-hybridized carbons (Fsp3) is 0.647. The second-order valence-electron chi connectivity index (χ2n) is 31.9. The molecule has 6 unspecified atom stereocenters. The third-order valence-corrected chi connectivity index (χ3v) is 22.5. The van der Waals surface area contributed by atoms with E-state index >= 15 is 0 Å². The van der Waals surface area contributed by atoms with E-state index in [1.165, 1.54) is 26.0 Å². The van der Waals surface area contributed by atoms with Crippen molar-refractivity contribution in [3.63, 3.8) is 0 Å². The Morgan fingerprint density at radius 3 is 0.608 bits per heavy atom. The van der Waals surface area contributed by atoms with Gasteiger partial charge in [0.2, 0.25) is 0 Å². The summed E-state index contributed by atoms with van der Waals surface area (Å²) in [7, 11) is -9.12. The number of methoxy groups -OCH3 is 6. The Labute approximate surface area is 819 Å². The SMILES string of the molecule is [2H]c1c([2H])c(C(C2(O)CCCCC2)C([2H])([2H])N(C([2H])([2H])[2H])C([2H])([2H])[2H])c([2H])c([2H])c1OC([2H])([2H])[2H].[2H]c1c([2H])c(C(C2(O)CCCCC2)C([2H])([2H])N(C)C([2H])([2H])[2H])c([2H])c([2H])c1OC([2H])([2H])[2H].[2H]c1c([2H])c(C(C2(O)CCCCC2)C([2H])([2H])N(C)C)c([2H])c([2H])c1OC([2H])([2H])[2H].[2H]c1c([2H])c(C(CN(C([2H])([2H])[2H])C([2H])([2H])[2H])C2(O)CCCCC2)c([2H])c([2H])c1OC([2H])([2H])[2H].[2H]c1c([2H])c(C(CN(C)C([2H])([2H])[2H])C2(O)CCCCC2)c([2H])c([2H])c1OC([2H])([2H])[2H].[2H]c1c([2H])c(C(CN(C)C)C2(O)CCCCC2)c([2H])c([2H])c1OC([2H])([2H])[2H]. The van der Waals surface area contributed by atoms with Gasteiger partial charge in [0.1, 0.15) is 34.5 Å². The summed E-state index contributed by atoms with van der Waals surface area (Å²) in [5, 5.41) is 68.5. The lowest BCUT2D eigenvalue weighted by atomic mass is 9.72. The van der Waals surface area contributed by atoms with Crippen LogP contribution in [-0.2, 0) is 0 Å². The normalized spacial score (nSPS) is 29.4. The lowest BCUT2D eigenvalue weighted by molar-refractivity contribution is -0.0280. The summed E-state index contributed by atoms with van der Waals surface area (Å²) in [4.78, 5) is 4.37. The van der Waals surface area contributed by atoms with Crippen LogP contribution in [0.2, 0.25) is 0 Å². The van der Waals surface area contributed by atoms with Crippen molar-refractivity contribution in [3.8, 4) is 34.5 Å². The third-order valence-electron chi connectivity index (χ3n) is 22.5. The first-order chi connectivity index (χ1) is 83.8. The van der Waals surface area contributed by atoms with Gasteiger partial charge in [-0.15, -0.1) is 0 Å². The summed E-state index contributed by atoms with van der Waals surface area (Å²) in [6, 6.07) is -17.2. The number of ether oxygens (including phenoxy) is 6. The highest BCUT2D eigenvalue weighted by Gasteiger charge is 2.45. The van der Waals surface area contributed by atoms with E-state index in [9.17, 15) is 30.6 Å². The Bertz CT molecular complexity index is 6730. The molecule has 6 aliphatic rings. The molecule has 6 aliphatic carbocycles. The predicted molar refractivity (Wildman–Crippen MR) is 494 cm³/mol. The molecule has 6 atom stereocenters. The third kappa shape index (κ3) is 31.1. The van der Waals surface area contributed by atoms with Crippen LogP contribution in [0.1, 0.15) is 352 Å². The van der Waals surface area contributed by atoms with E-state index in [1.807, 2.05) is 19.0 Å². The molecule has 6 aromatic rings. The van der Waals surface area contributed by atoms with Gasteiger partial charge >= 0.3 is 0 Å². The average Bonchev–Trinajstić information content (AvgIpc) is 0.715. The Kier molecular flexibility index (Phi) is 17.4. The summed E-state index contributed by atoms with van der Waals surface area (Å²) in [6.07, 6.45) is 14.5. The second kappa shape index (κ2) is 50.0. The van der Waals surface area contributed by atoms with E-state index in [0.29, 0.717) is 108 Å². The molecule has 0 spiro atoms. The quantitative estimate of drug-likeness (QED) is 0.0249. The molecule has 0 aliphatic heterocycles. The van der Waals surface area contributed by atoms with Crippen molar-refractivity contribution in [2.24, 2.45) is 0 Å². The number of benzene rings is 6. The zero-order valence-corrected chi connectivity index (χ0v) is 69.1. The maximum atomic E-state index is 11.5. The smallest absolute Gasteiger partial charge is 0.118 e. The molecule has 6 N–H and O–H groups in total. The second-order valence-corrected chi connectivity index (χ2v) is 31.9. The summed E-state index contributed by atoms with van der Waals surface area (Å²) in [5.41, 5.74) is -11.8. The van der Waals surface area contributed by atoms with E-state index < -0.39 is 358 Å². The van der Waals surface area contributed by atoms with Gasteiger partial charge in [0.25, 0.3) is 0 Å². The van der Waals surface area contributed by atoms with Crippen molar-refractivity contribution in [1.29, 1.82) is 0 Å². The molecule has 6 fully saturated rings. The van der Waals surface area contributed by atoms with Crippen molar-refractivity contribution in [2.45, 2.75) is 262 Å². The minimum absolute atomic E-state index is 0.0685. The van der Waals surface area contributed by atoms with E-state index in [-0.39, 0.29) is 102 Å². The highest BCUT2D eigenvalue weighted by molar-refractivity contribution is 5.37. The van der Waals surface area contributed by atoms with Gasteiger partial charge in [0.15, 0.2) is 0 Å². The summed E-state index contributed by atoms with van der Waals surface area (Å²) in [6.45, 7) is -27.8. The number of hydrogen-bond acceptors (Lipinski definition) is 18. The van der Waals surface area contributed by atoms with Crippen LogP contribution in [0.5, 0.6) is 34.5 Å². The first-order valence-corrected chi connectivity index (χ1v) is 40.2. The number of rotatable bonds is 30. The molecule has 0 radical (unpaired) electrons. The van der Waals surface area contributed by atoms with Crippen molar-refractivity contribution in [1.82, 2.24) is 29.4 Å². The van der Waals surface area contributed by atoms with Crippen molar-refractivity contribution >= 4 is 0 Å². The Balaban J connectivity index is 0.000000298. The number of likely N-dealkylation sites (N-methyl/N-ethyl adjacent to an activating group) is 6. The predicted octanol–water partition coefficient (Wildman–Crippen LogP) is 18.2. The average molecular weight is 1730 g/mol. The molecule has 0 bridgehead atoms. The van der Waals surface area contributed by atoms with Crippen LogP contribution in [0, 0.1) is 0 Å². The summed E-state index contributed by atoms with van der Waals surface area (Å²) >= 11 is 0. The first kappa shape index (κ1) is 41.8. The van der Waals surface area contributed by atoms with Gasteiger partial charge in [0, 0.05) is 108 Å². The van der Waals surface area contributed by atoms with Gasteiger partial charge in [-0.3, -0.25) is 0 Å². The van der Waals surface area contributed by atoms with E-state index in [0.717, 1.165) is 56.9 Å². The van der Waals surface area contributed by atoms with E-state index in [1.54, 1.807) is 0 Å². The Hall–Kier alpha value is -6.36. The van der Waals surface area contributed by atoms with Crippen molar-refractivity contribution in [3.05, 3.63) is 178 Å². The van der Waals surface area contributed by atoms with E-state index in [4.69, 9.17) is 95.2 Å². The van der Waals surface area contributed by atoms with Crippen LogP contribution in [-0.4, -0.2) is 259 Å².